The highest BCUT2D eigenvalue weighted by atomic mass is 79.9. The van der Waals surface area contributed by atoms with Gasteiger partial charge in [-0.2, -0.15) is 0 Å². The predicted molar refractivity (Wildman–Crippen MR) is 50.3 cm³/mol. The molecule has 0 saturated heterocycles. The Kier molecular flexibility index (Phi) is 2.87. The third-order valence-corrected chi connectivity index (χ3v) is 2.19. The number of phenols is 1. The zero-order valence-electron chi connectivity index (χ0n) is 6.67. The summed E-state index contributed by atoms with van der Waals surface area (Å²) in [7, 11) is 0. The van der Waals surface area contributed by atoms with E-state index >= 15 is 0 Å². The largest absolute Gasteiger partial charge is 0.506 e. The van der Waals surface area contributed by atoms with Crippen molar-refractivity contribution < 1.29 is 9.90 Å². The predicted octanol–water partition coefficient (Wildman–Crippen LogP) is 2.20. The van der Waals surface area contributed by atoms with Crippen LogP contribution in [0.3, 0.4) is 0 Å². The molecular weight excluding hydrogens is 220 g/mol. The SMILES string of the molecule is Cc1cc(Br)c(O)c(CC=O)c1. The first-order valence-electron chi connectivity index (χ1n) is 3.56. The average Bonchev–Trinajstić information content (AvgIpc) is 2.00. The smallest absolute Gasteiger partial charge is 0.133 e. The maximum Gasteiger partial charge on any atom is 0.133 e. The van der Waals surface area contributed by atoms with Crippen LogP contribution < -0.4 is 0 Å². The van der Waals surface area contributed by atoms with E-state index in [-0.39, 0.29) is 12.2 Å². The van der Waals surface area contributed by atoms with Crippen LogP contribution in [0.2, 0.25) is 0 Å². The van der Waals surface area contributed by atoms with Gasteiger partial charge in [0.15, 0.2) is 0 Å². The number of aryl methyl sites for hydroxylation is 1. The average molecular weight is 229 g/mol. The van der Waals surface area contributed by atoms with Gasteiger partial charge in [-0.3, -0.25) is 0 Å². The fourth-order valence-electron chi connectivity index (χ4n) is 1.05. The molecule has 64 valence electrons. The normalized spacial score (nSPS) is 9.83. The van der Waals surface area contributed by atoms with Crippen molar-refractivity contribution in [3.63, 3.8) is 0 Å². The first kappa shape index (κ1) is 9.26. The van der Waals surface area contributed by atoms with E-state index in [0.29, 0.717) is 10.0 Å². The Morgan fingerprint density at radius 2 is 2.25 bits per heavy atom. The number of hydrogen-bond acceptors (Lipinski definition) is 2. The van der Waals surface area contributed by atoms with Gasteiger partial charge in [-0.15, -0.1) is 0 Å². The molecule has 0 bridgehead atoms. The van der Waals surface area contributed by atoms with Crippen molar-refractivity contribution in [1.82, 2.24) is 0 Å². The fourth-order valence-corrected chi connectivity index (χ4v) is 1.67. The van der Waals surface area contributed by atoms with Crippen LogP contribution in [-0.2, 0) is 11.2 Å². The molecule has 0 unspecified atom stereocenters. The molecule has 0 amide bonds. The molecule has 0 radical (unpaired) electrons. The Hall–Kier alpha value is -0.830. The summed E-state index contributed by atoms with van der Waals surface area (Å²) < 4.78 is 0.638. The van der Waals surface area contributed by atoms with Crippen LogP contribution in [0, 0.1) is 6.92 Å². The van der Waals surface area contributed by atoms with Gasteiger partial charge in [-0.05, 0) is 34.5 Å². The molecule has 12 heavy (non-hydrogen) atoms. The number of aldehydes is 1. The van der Waals surface area contributed by atoms with Gasteiger partial charge in [0.1, 0.15) is 12.0 Å². The minimum Gasteiger partial charge on any atom is -0.506 e. The summed E-state index contributed by atoms with van der Waals surface area (Å²) in [6, 6.07) is 3.61. The minimum atomic E-state index is 0.160. The first-order chi connectivity index (χ1) is 5.65. The molecule has 1 rings (SSSR count). The zero-order chi connectivity index (χ0) is 9.14. The molecule has 0 aliphatic rings. The number of halogens is 1. The van der Waals surface area contributed by atoms with E-state index in [1.54, 1.807) is 6.07 Å². The standard InChI is InChI=1S/C9H9BrO2/c1-6-4-7(2-3-11)9(12)8(10)5-6/h3-5,12H,2H2,1H3. The number of benzene rings is 1. The molecule has 1 N–H and O–H groups in total. The molecule has 0 aliphatic heterocycles. The van der Waals surface area contributed by atoms with Gasteiger partial charge in [0.25, 0.3) is 0 Å². The van der Waals surface area contributed by atoms with Gasteiger partial charge in [-0.1, -0.05) is 6.07 Å². The van der Waals surface area contributed by atoms with Crippen molar-refractivity contribution in [2.24, 2.45) is 0 Å². The third-order valence-electron chi connectivity index (χ3n) is 1.59. The van der Waals surface area contributed by atoms with E-state index in [1.165, 1.54) is 0 Å². The summed E-state index contributed by atoms with van der Waals surface area (Å²) in [5.74, 6) is 0.160. The van der Waals surface area contributed by atoms with Crippen LogP contribution in [0.15, 0.2) is 16.6 Å². The second-order valence-electron chi connectivity index (χ2n) is 2.63. The minimum absolute atomic E-state index is 0.160. The molecule has 0 aliphatic carbocycles. The monoisotopic (exact) mass is 228 g/mol. The molecule has 2 nitrogen and oxygen atoms in total. The topological polar surface area (TPSA) is 37.3 Å². The molecule has 0 fully saturated rings. The Bertz CT molecular complexity index is 308. The molecule has 0 saturated carbocycles. The van der Waals surface area contributed by atoms with Crippen LogP contribution in [-0.4, -0.2) is 11.4 Å². The van der Waals surface area contributed by atoms with E-state index in [4.69, 9.17) is 0 Å². The highest BCUT2D eigenvalue weighted by Gasteiger charge is 2.05. The van der Waals surface area contributed by atoms with Gasteiger partial charge in [-0.25, -0.2) is 0 Å². The zero-order valence-corrected chi connectivity index (χ0v) is 8.26. The second-order valence-corrected chi connectivity index (χ2v) is 3.48. The lowest BCUT2D eigenvalue weighted by Crippen LogP contribution is -1.88. The van der Waals surface area contributed by atoms with Crippen molar-refractivity contribution in [2.45, 2.75) is 13.3 Å². The van der Waals surface area contributed by atoms with Crippen LogP contribution in [0.5, 0.6) is 5.75 Å². The van der Waals surface area contributed by atoms with Crippen LogP contribution in [0.25, 0.3) is 0 Å². The summed E-state index contributed by atoms with van der Waals surface area (Å²) in [4.78, 5) is 10.2. The number of rotatable bonds is 2. The Labute approximate surface area is 79.3 Å². The van der Waals surface area contributed by atoms with Crippen molar-refractivity contribution in [1.29, 1.82) is 0 Å². The Morgan fingerprint density at radius 1 is 1.58 bits per heavy atom. The maximum atomic E-state index is 10.2. The van der Waals surface area contributed by atoms with Crippen LogP contribution in [0.4, 0.5) is 0 Å². The Morgan fingerprint density at radius 3 is 2.83 bits per heavy atom. The van der Waals surface area contributed by atoms with Crippen molar-refractivity contribution in [2.75, 3.05) is 0 Å². The molecule has 0 aromatic heterocycles. The Balaban J connectivity index is 3.17. The molecule has 0 heterocycles. The molecular formula is C9H9BrO2. The number of hydrogen-bond donors (Lipinski definition) is 1. The molecule has 3 heteroatoms. The van der Waals surface area contributed by atoms with Crippen LogP contribution >= 0.6 is 15.9 Å². The molecule has 0 spiro atoms. The van der Waals surface area contributed by atoms with Gasteiger partial charge < -0.3 is 9.90 Å². The highest BCUT2D eigenvalue weighted by Crippen LogP contribution is 2.29. The number of carbonyl (C=O) groups is 1. The fraction of sp³-hybridized carbons (Fsp3) is 0.222. The van der Waals surface area contributed by atoms with Crippen LogP contribution in [0.1, 0.15) is 11.1 Å². The molecule has 0 atom stereocenters. The van der Waals surface area contributed by atoms with Gasteiger partial charge >= 0.3 is 0 Å². The lowest BCUT2D eigenvalue weighted by Gasteiger charge is -2.04. The summed E-state index contributed by atoms with van der Waals surface area (Å²) >= 11 is 3.20. The number of carbonyl (C=O) groups excluding carboxylic acids is 1. The maximum absolute atomic E-state index is 10.2. The van der Waals surface area contributed by atoms with E-state index in [1.807, 2.05) is 13.0 Å². The highest BCUT2D eigenvalue weighted by molar-refractivity contribution is 9.10. The van der Waals surface area contributed by atoms with Gasteiger partial charge in [0.2, 0.25) is 0 Å². The number of aromatic hydroxyl groups is 1. The third kappa shape index (κ3) is 1.85. The lowest BCUT2D eigenvalue weighted by atomic mass is 10.1. The van der Waals surface area contributed by atoms with Crippen molar-refractivity contribution >= 4 is 22.2 Å². The number of phenolic OH excluding ortho intramolecular Hbond substituents is 1. The second kappa shape index (κ2) is 3.72. The lowest BCUT2D eigenvalue weighted by molar-refractivity contribution is -0.107. The van der Waals surface area contributed by atoms with Gasteiger partial charge in [0, 0.05) is 12.0 Å². The van der Waals surface area contributed by atoms with E-state index in [0.717, 1.165) is 11.8 Å². The molecule has 1 aromatic carbocycles. The van der Waals surface area contributed by atoms with Crippen molar-refractivity contribution in [3.05, 3.63) is 27.7 Å². The quantitative estimate of drug-likeness (QED) is 0.789. The van der Waals surface area contributed by atoms with E-state index in [2.05, 4.69) is 15.9 Å². The first-order valence-corrected chi connectivity index (χ1v) is 4.36. The summed E-state index contributed by atoms with van der Waals surface area (Å²) in [5, 5.41) is 9.45. The summed E-state index contributed by atoms with van der Waals surface area (Å²) in [6.07, 6.45) is 1.03. The van der Waals surface area contributed by atoms with E-state index in [9.17, 15) is 9.90 Å². The summed E-state index contributed by atoms with van der Waals surface area (Å²) in [5.41, 5.74) is 1.69. The molecule has 1 aromatic rings. The van der Waals surface area contributed by atoms with E-state index < -0.39 is 0 Å². The summed E-state index contributed by atoms with van der Waals surface area (Å²) in [6.45, 7) is 1.92. The van der Waals surface area contributed by atoms with Crippen molar-refractivity contribution in [3.8, 4) is 5.75 Å². The van der Waals surface area contributed by atoms with Gasteiger partial charge in [0.05, 0.1) is 4.47 Å².